The predicted octanol–water partition coefficient (Wildman–Crippen LogP) is 1.12. The lowest BCUT2D eigenvalue weighted by Gasteiger charge is -2.35. The number of likely N-dealkylation sites (N-methyl/N-ethyl adjacent to an activating group) is 2. The molecule has 2 rings (SSSR count). The predicted molar refractivity (Wildman–Crippen MR) is 76.3 cm³/mol. The van der Waals surface area contributed by atoms with Gasteiger partial charge in [-0.05, 0) is 38.6 Å². The zero-order chi connectivity index (χ0) is 14.9. The van der Waals surface area contributed by atoms with Crippen molar-refractivity contribution in [3.8, 4) is 0 Å². The van der Waals surface area contributed by atoms with Gasteiger partial charge in [0.05, 0.1) is 5.69 Å². The fraction of sp³-hybridized carbons (Fsp3) is 0.538. The number of nitrogens with zero attached hydrogens (tertiary/aromatic N) is 2. The summed E-state index contributed by atoms with van der Waals surface area (Å²) in [4.78, 5) is 1.65. The summed E-state index contributed by atoms with van der Waals surface area (Å²) >= 11 is 0. The molecular formula is C13H20FN3O2S. The Labute approximate surface area is 119 Å². The molecule has 0 bridgehead atoms. The average molecular weight is 301 g/mol. The minimum Gasteiger partial charge on any atom is -0.398 e. The molecule has 112 valence electrons. The van der Waals surface area contributed by atoms with Crippen molar-refractivity contribution in [1.82, 2.24) is 9.21 Å². The summed E-state index contributed by atoms with van der Waals surface area (Å²) in [5, 5.41) is 0. The van der Waals surface area contributed by atoms with Crippen molar-refractivity contribution in [2.45, 2.75) is 23.8 Å². The molecule has 0 spiro atoms. The van der Waals surface area contributed by atoms with Crippen LogP contribution in [-0.2, 0) is 10.0 Å². The minimum atomic E-state index is -3.92. The third-order valence-electron chi connectivity index (χ3n) is 3.75. The van der Waals surface area contributed by atoms with Gasteiger partial charge in [-0.3, -0.25) is 0 Å². The van der Waals surface area contributed by atoms with E-state index in [1.807, 2.05) is 7.05 Å². The largest absolute Gasteiger partial charge is 0.398 e. The van der Waals surface area contributed by atoms with Gasteiger partial charge in [0.25, 0.3) is 0 Å². The highest BCUT2D eigenvalue weighted by Gasteiger charge is 2.33. The standard InChI is InChI=1S/C13H20FN3O2S/c1-16-8-4-5-10(9-16)17(2)20(18,19)13-11(14)6-3-7-12(13)15/h3,6-7,10H,4-5,8-9,15H2,1-2H3. The summed E-state index contributed by atoms with van der Waals surface area (Å²) in [5.41, 5.74) is 5.59. The van der Waals surface area contributed by atoms with Crippen LogP contribution in [0, 0.1) is 5.82 Å². The van der Waals surface area contributed by atoms with Gasteiger partial charge in [0.2, 0.25) is 10.0 Å². The van der Waals surface area contributed by atoms with E-state index in [-0.39, 0.29) is 11.7 Å². The molecule has 1 heterocycles. The van der Waals surface area contributed by atoms with Gasteiger partial charge in [-0.25, -0.2) is 12.8 Å². The summed E-state index contributed by atoms with van der Waals surface area (Å²) in [6.07, 6.45) is 1.70. The van der Waals surface area contributed by atoms with E-state index >= 15 is 0 Å². The number of benzene rings is 1. The monoisotopic (exact) mass is 301 g/mol. The van der Waals surface area contributed by atoms with Crippen molar-refractivity contribution in [1.29, 1.82) is 0 Å². The number of anilines is 1. The fourth-order valence-electron chi connectivity index (χ4n) is 2.57. The Balaban J connectivity index is 2.34. The molecule has 1 saturated heterocycles. The first-order valence-electron chi connectivity index (χ1n) is 6.54. The lowest BCUT2D eigenvalue weighted by molar-refractivity contribution is 0.187. The second-order valence-electron chi connectivity index (χ2n) is 5.24. The lowest BCUT2D eigenvalue weighted by atomic mass is 10.1. The molecule has 0 radical (unpaired) electrons. The van der Waals surface area contributed by atoms with Crippen LogP contribution in [0.3, 0.4) is 0 Å². The third kappa shape index (κ3) is 2.79. The van der Waals surface area contributed by atoms with Crippen molar-refractivity contribution in [3.63, 3.8) is 0 Å². The highest BCUT2D eigenvalue weighted by atomic mass is 32.2. The number of nitrogen functional groups attached to an aromatic ring is 1. The number of halogens is 1. The topological polar surface area (TPSA) is 66.6 Å². The third-order valence-corrected chi connectivity index (χ3v) is 5.75. The van der Waals surface area contributed by atoms with Crippen LogP contribution in [0.1, 0.15) is 12.8 Å². The smallest absolute Gasteiger partial charge is 0.248 e. The number of nitrogens with two attached hydrogens (primary N) is 1. The second kappa shape index (κ2) is 5.67. The van der Waals surface area contributed by atoms with E-state index in [2.05, 4.69) is 4.90 Å². The maximum Gasteiger partial charge on any atom is 0.248 e. The molecule has 0 aromatic heterocycles. The number of sulfonamides is 1. The Kier molecular flexibility index (Phi) is 4.31. The van der Waals surface area contributed by atoms with Crippen LogP contribution < -0.4 is 5.73 Å². The van der Waals surface area contributed by atoms with Gasteiger partial charge in [0.15, 0.2) is 0 Å². The van der Waals surface area contributed by atoms with Crippen molar-refractivity contribution in [2.24, 2.45) is 0 Å². The molecule has 0 aliphatic carbocycles. The molecule has 20 heavy (non-hydrogen) atoms. The normalized spacial score (nSPS) is 21.3. The zero-order valence-electron chi connectivity index (χ0n) is 11.7. The first-order chi connectivity index (χ1) is 9.34. The maximum absolute atomic E-state index is 13.9. The van der Waals surface area contributed by atoms with Gasteiger partial charge < -0.3 is 10.6 Å². The van der Waals surface area contributed by atoms with E-state index in [4.69, 9.17) is 5.73 Å². The molecular weight excluding hydrogens is 281 g/mol. The first kappa shape index (κ1) is 15.2. The first-order valence-corrected chi connectivity index (χ1v) is 7.98. The summed E-state index contributed by atoms with van der Waals surface area (Å²) in [5.74, 6) is -0.805. The minimum absolute atomic E-state index is 0.0546. The highest BCUT2D eigenvalue weighted by molar-refractivity contribution is 7.89. The molecule has 1 aliphatic rings. The molecule has 1 aliphatic heterocycles. The maximum atomic E-state index is 13.9. The van der Waals surface area contributed by atoms with Crippen molar-refractivity contribution >= 4 is 15.7 Å². The molecule has 1 aromatic carbocycles. The van der Waals surface area contributed by atoms with Crippen molar-refractivity contribution in [3.05, 3.63) is 24.0 Å². The Bertz CT molecular complexity index is 571. The molecule has 0 amide bonds. The second-order valence-corrected chi connectivity index (χ2v) is 7.17. The van der Waals surface area contributed by atoms with Gasteiger partial charge in [-0.2, -0.15) is 4.31 Å². The Morgan fingerprint density at radius 2 is 2.15 bits per heavy atom. The van der Waals surface area contributed by atoms with E-state index in [0.717, 1.165) is 25.5 Å². The van der Waals surface area contributed by atoms with Gasteiger partial charge in [-0.1, -0.05) is 6.07 Å². The Morgan fingerprint density at radius 1 is 1.45 bits per heavy atom. The van der Waals surface area contributed by atoms with Gasteiger partial charge in [0.1, 0.15) is 10.7 Å². The Morgan fingerprint density at radius 3 is 2.75 bits per heavy atom. The lowest BCUT2D eigenvalue weighted by Crippen LogP contribution is -2.47. The number of likely N-dealkylation sites (tertiary alicyclic amines) is 1. The highest BCUT2D eigenvalue weighted by Crippen LogP contribution is 2.27. The van der Waals surface area contributed by atoms with Crippen molar-refractivity contribution in [2.75, 3.05) is 32.9 Å². The Hall–Kier alpha value is -1.18. The van der Waals surface area contributed by atoms with Crippen LogP contribution in [0.5, 0.6) is 0 Å². The van der Waals surface area contributed by atoms with Crippen LogP contribution in [0.25, 0.3) is 0 Å². The van der Waals surface area contributed by atoms with Crippen LogP contribution in [0.4, 0.5) is 10.1 Å². The number of hydrogen-bond acceptors (Lipinski definition) is 4. The van der Waals surface area contributed by atoms with Crippen LogP contribution >= 0.6 is 0 Å². The summed E-state index contributed by atoms with van der Waals surface area (Å²) in [6.45, 7) is 1.59. The number of piperidine rings is 1. The summed E-state index contributed by atoms with van der Waals surface area (Å²) < 4.78 is 40.2. The molecule has 7 heteroatoms. The molecule has 1 fully saturated rings. The molecule has 1 atom stereocenters. The van der Waals surface area contributed by atoms with Gasteiger partial charge in [-0.15, -0.1) is 0 Å². The van der Waals surface area contributed by atoms with E-state index in [1.54, 1.807) is 0 Å². The van der Waals surface area contributed by atoms with E-state index in [9.17, 15) is 12.8 Å². The number of rotatable bonds is 3. The summed E-state index contributed by atoms with van der Waals surface area (Å²) in [7, 11) is -0.477. The van der Waals surface area contributed by atoms with E-state index in [1.165, 1.54) is 23.5 Å². The fourth-order valence-corrected chi connectivity index (χ4v) is 4.11. The van der Waals surface area contributed by atoms with E-state index in [0.29, 0.717) is 6.54 Å². The van der Waals surface area contributed by atoms with E-state index < -0.39 is 20.7 Å². The summed E-state index contributed by atoms with van der Waals surface area (Å²) in [6, 6.07) is 3.76. The number of hydrogen-bond donors (Lipinski definition) is 1. The SMILES string of the molecule is CN1CCCC(N(C)S(=O)(=O)c2c(N)cccc2F)C1. The molecule has 1 aromatic rings. The van der Waals surface area contributed by atoms with Gasteiger partial charge in [0, 0.05) is 19.6 Å². The quantitative estimate of drug-likeness (QED) is 0.850. The molecule has 5 nitrogen and oxygen atoms in total. The van der Waals surface area contributed by atoms with Gasteiger partial charge >= 0.3 is 0 Å². The molecule has 0 saturated carbocycles. The van der Waals surface area contributed by atoms with Crippen molar-refractivity contribution < 1.29 is 12.8 Å². The van der Waals surface area contributed by atoms with Crippen LogP contribution in [0.2, 0.25) is 0 Å². The van der Waals surface area contributed by atoms with Crippen LogP contribution in [0.15, 0.2) is 23.1 Å². The average Bonchev–Trinajstić information content (AvgIpc) is 2.37. The molecule has 1 unspecified atom stereocenters. The zero-order valence-corrected chi connectivity index (χ0v) is 12.5. The molecule has 2 N–H and O–H groups in total. The van der Waals surface area contributed by atoms with Crippen LogP contribution in [-0.4, -0.2) is 50.8 Å².